The van der Waals surface area contributed by atoms with E-state index in [1.807, 2.05) is 39.8 Å². The maximum absolute atomic E-state index is 12.6. The molecule has 11 nitrogen and oxygen atoms in total. The van der Waals surface area contributed by atoms with Crippen LogP contribution in [0.4, 0.5) is 17.6 Å². The van der Waals surface area contributed by atoms with Crippen molar-refractivity contribution in [2.24, 2.45) is 5.14 Å². The first-order valence-electron chi connectivity index (χ1n) is 10.3. The fourth-order valence-corrected chi connectivity index (χ4v) is 5.52. The highest BCUT2D eigenvalue weighted by Crippen LogP contribution is 2.24. The van der Waals surface area contributed by atoms with Gasteiger partial charge in [0.15, 0.2) is 0 Å². The van der Waals surface area contributed by atoms with Gasteiger partial charge < -0.3 is 16.2 Å². The second kappa shape index (κ2) is 10.6. The van der Waals surface area contributed by atoms with Crippen LogP contribution in [0.2, 0.25) is 0 Å². The second-order valence-corrected chi connectivity index (χ2v) is 11.8. The van der Waals surface area contributed by atoms with Crippen molar-refractivity contribution in [2.75, 3.05) is 11.1 Å². The Hall–Kier alpha value is -3.59. The first kappa shape index (κ1) is 27.0. The number of carbonyl (C=O) groups is 2. The number of nitrogen functional groups attached to an aromatic ring is 1. The standard InChI is InChI=1S/C15H16N6O3S2.C7H8O2S/c1-8-7-9(2)25-12(8)13(22)21-14(16)19-15(20-21)18-10-3-5-11(6-4-10)26(17,23)24;1-4-3-5(2)10-6(4)7(8)9/h3-7H,1-2H3,(H2,17,23,24)(H3,16,18,19,20);3H,1-2H3,(H,8,9). The van der Waals surface area contributed by atoms with Gasteiger partial charge >= 0.3 is 5.97 Å². The van der Waals surface area contributed by atoms with Crippen molar-refractivity contribution < 1.29 is 23.1 Å². The lowest BCUT2D eigenvalue weighted by Crippen LogP contribution is -2.16. The first-order valence-corrected chi connectivity index (χ1v) is 13.5. The minimum absolute atomic E-state index is 0.0141. The molecule has 6 N–H and O–H groups in total. The van der Waals surface area contributed by atoms with E-state index in [0.717, 1.165) is 25.6 Å². The molecule has 190 valence electrons. The lowest BCUT2D eigenvalue weighted by molar-refractivity contribution is 0.0701. The molecule has 0 aliphatic heterocycles. The summed E-state index contributed by atoms with van der Waals surface area (Å²) in [5, 5.41) is 20.6. The molecule has 0 aliphatic rings. The molecule has 0 saturated carbocycles. The van der Waals surface area contributed by atoms with Gasteiger partial charge in [-0.05, 0) is 75.2 Å². The average molecular weight is 549 g/mol. The van der Waals surface area contributed by atoms with Crippen molar-refractivity contribution in [3.63, 3.8) is 0 Å². The number of benzene rings is 1. The third-order valence-electron chi connectivity index (χ3n) is 4.73. The summed E-state index contributed by atoms with van der Waals surface area (Å²) in [5.41, 5.74) is 8.03. The fraction of sp³-hybridized carbons (Fsp3) is 0.182. The number of aromatic nitrogens is 3. The summed E-state index contributed by atoms with van der Waals surface area (Å²) >= 11 is 2.68. The zero-order valence-electron chi connectivity index (χ0n) is 19.8. The number of sulfonamides is 1. The van der Waals surface area contributed by atoms with Gasteiger partial charge in [0.05, 0.1) is 9.77 Å². The van der Waals surface area contributed by atoms with Crippen LogP contribution in [0.25, 0.3) is 0 Å². The third kappa shape index (κ3) is 6.34. The number of carboxylic acid groups (broad SMARTS) is 1. The van der Waals surface area contributed by atoms with E-state index in [0.29, 0.717) is 15.4 Å². The van der Waals surface area contributed by atoms with E-state index >= 15 is 0 Å². The predicted octanol–water partition coefficient (Wildman–Crippen LogP) is 3.68. The largest absolute Gasteiger partial charge is 0.477 e. The van der Waals surface area contributed by atoms with Crippen LogP contribution in [0.3, 0.4) is 0 Å². The number of nitrogens with zero attached hydrogens (tertiary/aromatic N) is 3. The molecule has 0 radical (unpaired) electrons. The smallest absolute Gasteiger partial charge is 0.346 e. The SMILES string of the molecule is Cc1cc(C)c(C(=O)O)s1.Cc1cc(C)c(C(=O)n2nc(Nc3ccc(S(N)(=O)=O)cc3)nc2N)s1. The van der Waals surface area contributed by atoms with Gasteiger partial charge in [-0.2, -0.15) is 9.67 Å². The van der Waals surface area contributed by atoms with E-state index in [4.69, 9.17) is 16.0 Å². The molecule has 0 spiro atoms. The van der Waals surface area contributed by atoms with Gasteiger partial charge in [-0.3, -0.25) is 4.79 Å². The Labute approximate surface area is 215 Å². The molecule has 0 unspecified atom stereocenters. The van der Waals surface area contributed by atoms with E-state index < -0.39 is 16.0 Å². The summed E-state index contributed by atoms with van der Waals surface area (Å²) in [6.07, 6.45) is 0. The van der Waals surface area contributed by atoms with E-state index in [-0.39, 0.29) is 22.7 Å². The number of hydrogen-bond donors (Lipinski definition) is 4. The molecule has 36 heavy (non-hydrogen) atoms. The molecule has 3 aromatic heterocycles. The maximum Gasteiger partial charge on any atom is 0.346 e. The maximum atomic E-state index is 12.6. The van der Waals surface area contributed by atoms with Crippen LogP contribution in [0, 0.1) is 27.7 Å². The minimum atomic E-state index is -3.77. The van der Waals surface area contributed by atoms with E-state index in [1.54, 1.807) is 0 Å². The van der Waals surface area contributed by atoms with Gasteiger partial charge in [0.25, 0.3) is 5.91 Å². The van der Waals surface area contributed by atoms with Crippen molar-refractivity contribution in [3.8, 4) is 0 Å². The summed E-state index contributed by atoms with van der Waals surface area (Å²) in [4.78, 5) is 30.1. The molecular formula is C22H24N6O5S3. The average Bonchev–Trinajstić information content (AvgIpc) is 3.43. The molecule has 3 heterocycles. The number of carbonyl (C=O) groups excluding carboxylic acids is 1. The second-order valence-electron chi connectivity index (χ2n) is 7.75. The van der Waals surface area contributed by atoms with E-state index in [9.17, 15) is 18.0 Å². The first-order chi connectivity index (χ1) is 16.8. The van der Waals surface area contributed by atoms with Crippen LogP contribution in [-0.4, -0.2) is 40.2 Å². The molecule has 14 heteroatoms. The van der Waals surface area contributed by atoms with Gasteiger partial charge in [-0.15, -0.1) is 27.8 Å². The number of aryl methyl sites for hydroxylation is 4. The van der Waals surface area contributed by atoms with Crippen molar-refractivity contribution in [2.45, 2.75) is 32.6 Å². The Morgan fingerprint density at radius 3 is 1.92 bits per heavy atom. The zero-order valence-corrected chi connectivity index (χ0v) is 22.2. The molecule has 4 aromatic rings. The molecule has 0 atom stereocenters. The summed E-state index contributed by atoms with van der Waals surface area (Å²) in [5.74, 6) is -1.12. The van der Waals surface area contributed by atoms with Crippen LogP contribution in [0.5, 0.6) is 0 Å². The lowest BCUT2D eigenvalue weighted by Gasteiger charge is -2.03. The van der Waals surface area contributed by atoms with Gasteiger partial charge in [-0.25, -0.2) is 18.4 Å². The molecule has 0 aliphatic carbocycles. The van der Waals surface area contributed by atoms with Crippen molar-refractivity contribution >= 4 is 62.2 Å². The number of carboxylic acids is 1. The summed E-state index contributed by atoms with van der Waals surface area (Å²) < 4.78 is 23.6. The van der Waals surface area contributed by atoms with Crippen LogP contribution in [0.15, 0.2) is 41.3 Å². The molecular weight excluding hydrogens is 524 g/mol. The highest BCUT2D eigenvalue weighted by atomic mass is 32.2. The van der Waals surface area contributed by atoms with E-state index in [1.165, 1.54) is 46.9 Å². The number of thiophene rings is 2. The zero-order chi connectivity index (χ0) is 26.8. The Bertz CT molecular complexity index is 1530. The number of aromatic carboxylic acids is 1. The normalized spacial score (nSPS) is 11.0. The topological polar surface area (TPSA) is 183 Å². The van der Waals surface area contributed by atoms with Crippen molar-refractivity contribution in [1.29, 1.82) is 0 Å². The van der Waals surface area contributed by atoms with Gasteiger partial charge in [-0.1, -0.05) is 0 Å². The monoisotopic (exact) mass is 548 g/mol. The Balaban J connectivity index is 0.000000303. The Morgan fingerprint density at radius 1 is 0.972 bits per heavy atom. The highest BCUT2D eigenvalue weighted by molar-refractivity contribution is 7.89. The number of nitrogens with two attached hydrogens (primary N) is 2. The van der Waals surface area contributed by atoms with Crippen LogP contribution >= 0.6 is 22.7 Å². The number of anilines is 3. The van der Waals surface area contributed by atoms with Gasteiger partial charge in [0, 0.05) is 15.4 Å². The molecule has 0 fully saturated rings. The molecule has 0 amide bonds. The van der Waals surface area contributed by atoms with Crippen LogP contribution in [-0.2, 0) is 10.0 Å². The van der Waals surface area contributed by atoms with Crippen molar-refractivity contribution in [1.82, 2.24) is 14.8 Å². The highest BCUT2D eigenvalue weighted by Gasteiger charge is 2.20. The molecule has 1 aromatic carbocycles. The fourth-order valence-electron chi connectivity index (χ4n) is 3.19. The number of primary sulfonamides is 1. The molecule has 0 saturated heterocycles. The minimum Gasteiger partial charge on any atom is -0.477 e. The lowest BCUT2D eigenvalue weighted by atomic mass is 10.2. The van der Waals surface area contributed by atoms with Crippen LogP contribution in [0.1, 0.15) is 40.2 Å². The number of rotatable bonds is 5. The van der Waals surface area contributed by atoms with Crippen LogP contribution < -0.4 is 16.2 Å². The quantitative estimate of drug-likeness (QED) is 0.289. The summed E-state index contributed by atoms with van der Waals surface area (Å²) in [6.45, 7) is 7.48. The Kier molecular flexibility index (Phi) is 7.93. The summed E-state index contributed by atoms with van der Waals surface area (Å²) in [7, 11) is -3.77. The molecule has 0 bridgehead atoms. The number of nitrogens with one attached hydrogen (secondary N) is 1. The van der Waals surface area contributed by atoms with Gasteiger partial charge in [0.2, 0.25) is 21.9 Å². The Morgan fingerprint density at radius 2 is 1.50 bits per heavy atom. The predicted molar refractivity (Wildman–Crippen MR) is 140 cm³/mol. The van der Waals surface area contributed by atoms with E-state index in [2.05, 4.69) is 15.4 Å². The third-order valence-corrected chi connectivity index (χ3v) is 7.94. The number of hydrogen-bond acceptors (Lipinski definition) is 10. The van der Waals surface area contributed by atoms with Crippen molar-refractivity contribution in [3.05, 3.63) is 67.0 Å². The van der Waals surface area contributed by atoms with Gasteiger partial charge in [0.1, 0.15) is 4.88 Å². The summed E-state index contributed by atoms with van der Waals surface area (Å²) in [6, 6.07) is 9.50. The molecule has 4 rings (SSSR count).